The molecule has 0 bridgehead atoms. The lowest BCUT2D eigenvalue weighted by Crippen LogP contribution is -2.49. The molecule has 1 aromatic carbocycles. The fourth-order valence-electron chi connectivity index (χ4n) is 1.73. The first-order chi connectivity index (χ1) is 7.77. The van der Waals surface area contributed by atoms with Crippen molar-refractivity contribution in [2.45, 2.75) is 32.4 Å². The summed E-state index contributed by atoms with van der Waals surface area (Å²) >= 11 is 11.9. The minimum atomic E-state index is -1.23. The first-order valence-electron chi connectivity index (χ1n) is 5.24. The molecule has 1 aromatic rings. The second-order valence-corrected chi connectivity index (χ2v) is 5.20. The topological polar surface area (TPSA) is 49.3 Å². The largest absolute Gasteiger partial charge is 0.480 e. The second-order valence-electron chi connectivity index (χ2n) is 4.35. The van der Waals surface area contributed by atoms with Gasteiger partial charge in [-0.25, -0.2) is 4.79 Å². The summed E-state index contributed by atoms with van der Waals surface area (Å²) in [7, 11) is 0. The summed E-state index contributed by atoms with van der Waals surface area (Å²) in [6.45, 7) is 5.35. The van der Waals surface area contributed by atoms with E-state index in [9.17, 15) is 9.90 Å². The van der Waals surface area contributed by atoms with Crippen molar-refractivity contribution in [3.05, 3.63) is 33.8 Å². The number of carboxylic acid groups (broad SMARTS) is 1. The maximum atomic E-state index is 11.4. The maximum Gasteiger partial charge on any atom is 0.328 e. The molecule has 1 atom stereocenters. The van der Waals surface area contributed by atoms with Crippen molar-refractivity contribution >= 4 is 29.2 Å². The first-order valence-corrected chi connectivity index (χ1v) is 5.99. The Balaban J connectivity index is 3.27. The Kier molecular flexibility index (Phi) is 4.42. The van der Waals surface area contributed by atoms with Crippen LogP contribution in [0.3, 0.4) is 0 Å². The quantitative estimate of drug-likeness (QED) is 0.887. The van der Waals surface area contributed by atoms with Crippen LogP contribution >= 0.6 is 23.2 Å². The summed E-state index contributed by atoms with van der Waals surface area (Å²) < 4.78 is 0. The number of nitrogens with one attached hydrogen (secondary N) is 1. The molecule has 0 fully saturated rings. The van der Waals surface area contributed by atoms with Crippen molar-refractivity contribution in [3.63, 3.8) is 0 Å². The molecular formula is C12H15Cl2NO2. The molecule has 1 rings (SSSR count). The summed E-state index contributed by atoms with van der Waals surface area (Å²) in [6.07, 6.45) is 0. The van der Waals surface area contributed by atoms with Gasteiger partial charge >= 0.3 is 5.97 Å². The molecule has 3 nitrogen and oxygen atoms in total. The molecule has 94 valence electrons. The third-order valence-corrected chi connectivity index (χ3v) is 3.02. The Morgan fingerprint density at radius 3 is 2.41 bits per heavy atom. The lowest BCUT2D eigenvalue weighted by molar-refractivity contribution is -0.144. The molecule has 5 heteroatoms. The fourth-order valence-corrected chi connectivity index (χ4v) is 2.32. The molecule has 2 N–H and O–H groups in total. The Labute approximate surface area is 111 Å². The highest BCUT2D eigenvalue weighted by molar-refractivity contribution is 6.35. The zero-order chi connectivity index (χ0) is 13.2. The molecule has 0 radical (unpaired) electrons. The number of benzene rings is 1. The minimum Gasteiger partial charge on any atom is -0.480 e. The molecule has 1 unspecified atom stereocenters. The van der Waals surface area contributed by atoms with E-state index in [4.69, 9.17) is 23.2 Å². The van der Waals surface area contributed by atoms with Crippen LogP contribution in [0.4, 0.5) is 0 Å². The van der Waals surface area contributed by atoms with E-state index in [1.807, 2.05) is 13.8 Å². The lowest BCUT2D eigenvalue weighted by Gasteiger charge is -2.30. The standard InChI is InChI=1S/C12H15Cl2NO2/c1-7(2)15-12(3,11(16)17)9-5-4-8(13)6-10(9)14/h4-7,15H,1-3H3,(H,16,17). The molecule has 0 saturated carbocycles. The molecule has 0 amide bonds. The van der Waals surface area contributed by atoms with Gasteiger partial charge in [0.05, 0.1) is 0 Å². The van der Waals surface area contributed by atoms with Crippen LogP contribution in [-0.4, -0.2) is 17.1 Å². The number of carboxylic acids is 1. The highest BCUT2D eigenvalue weighted by atomic mass is 35.5. The Morgan fingerprint density at radius 2 is 2.00 bits per heavy atom. The predicted octanol–water partition coefficient (Wildman–Crippen LogP) is 3.29. The lowest BCUT2D eigenvalue weighted by atomic mass is 9.91. The Hall–Kier alpha value is -0.770. The number of halogens is 2. The van der Waals surface area contributed by atoms with Crippen LogP contribution in [0.2, 0.25) is 10.0 Å². The normalized spacial score (nSPS) is 14.7. The van der Waals surface area contributed by atoms with Gasteiger partial charge in [-0.3, -0.25) is 5.32 Å². The van der Waals surface area contributed by atoms with Gasteiger partial charge in [0.15, 0.2) is 0 Å². The van der Waals surface area contributed by atoms with E-state index < -0.39 is 11.5 Å². The average Bonchev–Trinajstić information content (AvgIpc) is 2.15. The second kappa shape index (κ2) is 5.25. The number of rotatable bonds is 4. The van der Waals surface area contributed by atoms with Gasteiger partial charge in [0.2, 0.25) is 0 Å². The summed E-state index contributed by atoms with van der Waals surface area (Å²) in [5, 5.41) is 13.2. The predicted molar refractivity (Wildman–Crippen MR) is 69.7 cm³/mol. The maximum absolute atomic E-state index is 11.4. The van der Waals surface area contributed by atoms with Gasteiger partial charge < -0.3 is 5.11 Å². The first kappa shape index (κ1) is 14.3. The van der Waals surface area contributed by atoms with Gasteiger partial charge in [0.1, 0.15) is 5.54 Å². The van der Waals surface area contributed by atoms with Crippen molar-refractivity contribution in [3.8, 4) is 0 Å². The van der Waals surface area contributed by atoms with E-state index in [-0.39, 0.29) is 6.04 Å². The highest BCUT2D eigenvalue weighted by Crippen LogP contribution is 2.31. The van der Waals surface area contributed by atoms with E-state index in [0.29, 0.717) is 15.6 Å². The van der Waals surface area contributed by atoms with E-state index in [1.165, 1.54) is 0 Å². The van der Waals surface area contributed by atoms with Crippen LogP contribution in [0.25, 0.3) is 0 Å². The van der Waals surface area contributed by atoms with Crippen molar-refractivity contribution in [2.75, 3.05) is 0 Å². The summed E-state index contributed by atoms with van der Waals surface area (Å²) in [4.78, 5) is 11.4. The van der Waals surface area contributed by atoms with Crippen LogP contribution < -0.4 is 5.32 Å². The van der Waals surface area contributed by atoms with Crippen molar-refractivity contribution in [1.29, 1.82) is 0 Å². The van der Waals surface area contributed by atoms with E-state index in [0.717, 1.165) is 0 Å². The number of hydrogen-bond acceptors (Lipinski definition) is 2. The minimum absolute atomic E-state index is 0.0165. The zero-order valence-electron chi connectivity index (χ0n) is 9.92. The van der Waals surface area contributed by atoms with Crippen molar-refractivity contribution in [2.24, 2.45) is 0 Å². The molecule has 17 heavy (non-hydrogen) atoms. The molecule has 0 spiro atoms. The number of hydrogen-bond donors (Lipinski definition) is 2. The summed E-state index contributed by atoms with van der Waals surface area (Å²) in [5.41, 5.74) is -0.722. The van der Waals surface area contributed by atoms with Crippen molar-refractivity contribution in [1.82, 2.24) is 5.32 Å². The fraction of sp³-hybridized carbons (Fsp3) is 0.417. The summed E-state index contributed by atoms with van der Waals surface area (Å²) in [5.74, 6) is -0.976. The molecule has 0 aromatic heterocycles. The number of aliphatic carboxylic acids is 1. The number of carbonyl (C=O) groups is 1. The molecule has 0 aliphatic heterocycles. The van der Waals surface area contributed by atoms with Crippen molar-refractivity contribution < 1.29 is 9.90 Å². The smallest absolute Gasteiger partial charge is 0.328 e. The zero-order valence-corrected chi connectivity index (χ0v) is 11.4. The molecule has 0 heterocycles. The van der Waals surface area contributed by atoms with Crippen LogP contribution in [0, 0.1) is 0 Å². The van der Waals surface area contributed by atoms with E-state index >= 15 is 0 Å². The van der Waals surface area contributed by atoms with Gasteiger partial charge in [-0.05, 0) is 32.9 Å². The SMILES string of the molecule is CC(C)NC(C)(C(=O)O)c1ccc(Cl)cc1Cl. The Morgan fingerprint density at radius 1 is 1.41 bits per heavy atom. The van der Waals surface area contributed by atoms with Gasteiger partial charge in [0.25, 0.3) is 0 Å². The van der Waals surface area contributed by atoms with Gasteiger partial charge in [-0.2, -0.15) is 0 Å². The van der Waals surface area contributed by atoms with Gasteiger partial charge in [-0.15, -0.1) is 0 Å². The van der Waals surface area contributed by atoms with Crippen LogP contribution in [0.15, 0.2) is 18.2 Å². The molecule has 0 aliphatic carbocycles. The molecule has 0 aliphatic rings. The van der Waals surface area contributed by atoms with E-state index in [2.05, 4.69) is 5.32 Å². The Bertz CT molecular complexity index is 435. The molecular weight excluding hydrogens is 261 g/mol. The van der Waals surface area contributed by atoms with Crippen LogP contribution in [-0.2, 0) is 10.3 Å². The van der Waals surface area contributed by atoms with Gasteiger partial charge in [0, 0.05) is 21.7 Å². The van der Waals surface area contributed by atoms with Crippen LogP contribution in [0.5, 0.6) is 0 Å². The highest BCUT2D eigenvalue weighted by Gasteiger charge is 2.37. The van der Waals surface area contributed by atoms with Crippen LogP contribution in [0.1, 0.15) is 26.3 Å². The molecule has 0 saturated heterocycles. The van der Waals surface area contributed by atoms with E-state index in [1.54, 1.807) is 25.1 Å². The third kappa shape index (κ3) is 3.12. The monoisotopic (exact) mass is 275 g/mol. The average molecular weight is 276 g/mol. The third-order valence-electron chi connectivity index (χ3n) is 2.47. The summed E-state index contributed by atoms with van der Waals surface area (Å²) in [6, 6.07) is 4.82. The van der Waals surface area contributed by atoms with Gasteiger partial charge in [-0.1, -0.05) is 29.3 Å².